The molecule has 342 valence electrons. The molecule has 4 nitrogen and oxygen atoms in total. The molecule has 0 fully saturated rings. The van der Waals surface area contributed by atoms with Gasteiger partial charge in [-0.1, -0.05) is 256 Å². The summed E-state index contributed by atoms with van der Waals surface area (Å²) in [6.45, 7) is 4.29. The first kappa shape index (κ1) is 56.6. The summed E-state index contributed by atoms with van der Waals surface area (Å²) in [5.74, 6) is -0.0818. The van der Waals surface area contributed by atoms with Crippen LogP contribution in [0.15, 0.2) is 36.5 Å². The van der Waals surface area contributed by atoms with Crippen molar-refractivity contribution in [2.24, 2.45) is 0 Å². The van der Waals surface area contributed by atoms with Gasteiger partial charge in [0.2, 0.25) is 5.91 Å². The largest absolute Gasteiger partial charge is 0.394 e. The molecular weight excluding hydrogens is 711 g/mol. The van der Waals surface area contributed by atoms with Crippen molar-refractivity contribution in [3.63, 3.8) is 0 Å². The van der Waals surface area contributed by atoms with E-state index in [1.165, 1.54) is 218 Å². The van der Waals surface area contributed by atoms with Crippen LogP contribution in [0.25, 0.3) is 0 Å². The van der Waals surface area contributed by atoms with Crippen molar-refractivity contribution >= 4 is 5.91 Å². The zero-order valence-electron chi connectivity index (χ0n) is 39.3. The van der Waals surface area contributed by atoms with E-state index in [1.807, 2.05) is 6.08 Å². The molecule has 1 amide bonds. The number of aliphatic hydroxyl groups is 2. The maximum atomic E-state index is 12.4. The van der Waals surface area contributed by atoms with Crippen LogP contribution >= 0.6 is 0 Å². The highest BCUT2D eigenvalue weighted by molar-refractivity contribution is 5.76. The van der Waals surface area contributed by atoms with Crippen LogP contribution in [0.5, 0.6) is 0 Å². The molecule has 0 saturated carbocycles. The van der Waals surface area contributed by atoms with Crippen molar-refractivity contribution < 1.29 is 15.0 Å². The Bertz CT molecular complexity index is 882. The van der Waals surface area contributed by atoms with Gasteiger partial charge in [-0.15, -0.1) is 0 Å². The van der Waals surface area contributed by atoms with Crippen molar-refractivity contribution in [2.75, 3.05) is 6.61 Å². The van der Waals surface area contributed by atoms with Crippen LogP contribution in [0, 0.1) is 0 Å². The van der Waals surface area contributed by atoms with E-state index in [-0.39, 0.29) is 12.5 Å². The summed E-state index contributed by atoms with van der Waals surface area (Å²) in [6, 6.07) is -0.642. The molecule has 0 rings (SSSR count). The number of nitrogens with one attached hydrogen (secondary N) is 1. The molecule has 3 N–H and O–H groups in total. The van der Waals surface area contributed by atoms with Crippen molar-refractivity contribution in [3.05, 3.63) is 36.5 Å². The minimum Gasteiger partial charge on any atom is -0.394 e. The second-order valence-corrected chi connectivity index (χ2v) is 17.9. The first-order valence-corrected chi connectivity index (χ1v) is 26.2. The zero-order valence-corrected chi connectivity index (χ0v) is 39.3. The average Bonchev–Trinajstić information content (AvgIpc) is 3.23. The van der Waals surface area contributed by atoms with Crippen molar-refractivity contribution in [1.82, 2.24) is 5.32 Å². The van der Waals surface area contributed by atoms with Gasteiger partial charge in [0.1, 0.15) is 0 Å². The monoisotopic (exact) mass is 814 g/mol. The fourth-order valence-corrected chi connectivity index (χ4v) is 8.07. The fourth-order valence-electron chi connectivity index (χ4n) is 8.07. The van der Waals surface area contributed by atoms with E-state index < -0.39 is 12.1 Å². The van der Waals surface area contributed by atoms with Gasteiger partial charge in [0, 0.05) is 6.42 Å². The van der Waals surface area contributed by atoms with Gasteiger partial charge in [0.25, 0.3) is 0 Å². The Morgan fingerprint density at radius 2 is 0.672 bits per heavy atom. The smallest absolute Gasteiger partial charge is 0.220 e. The van der Waals surface area contributed by atoms with Gasteiger partial charge in [0.15, 0.2) is 0 Å². The number of hydrogen-bond donors (Lipinski definition) is 3. The predicted octanol–water partition coefficient (Wildman–Crippen LogP) is 16.9. The Balaban J connectivity index is 3.47. The number of carbonyl (C=O) groups is 1. The lowest BCUT2D eigenvalue weighted by Gasteiger charge is -2.19. The Morgan fingerprint density at radius 1 is 0.397 bits per heavy atom. The van der Waals surface area contributed by atoms with Gasteiger partial charge in [-0.3, -0.25) is 4.79 Å². The molecule has 0 saturated heterocycles. The van der Waals surface area contributed by atoms with Crippen molar-refractivity contribution in [1.29, 1.82) is 0 Å². The van der Waals surface area contributed by atoms with Crippen LogP contribution in [0.4, 0.5) is 0 Å². The van der Waals surface area contributed by atoms with E-state index in [0.717, 1.165) is 44.9 Å². The van der Waals surface area contributed by atoms with Crippen LogP contribution in [0.1, 0.15) is 284 Å². The lowest BCUT2D eigenvalue weighted by Crippen LogP contribution is -2.45. The van der Waals surface area contributed by atoms with Crippen molar-refractivity contribution in [3.8, 4) is 0 Å². The standard InChI is InChI=1S/C54H103NO3/c1-3-5-7-9-11-13-15-17-18-19-20-21-22-23-24-25-26-27-28-29-30-31-32-33-34-35-36-38-39-41-43-45-47-49-53(57)52(51-56)55-54(58)50-48-46-44-42-40-37-16-14-12-10-8-6-4-2/h14,16,39,41,47,49,52-53,56-57H,3-13,15,17-38,40,42-46,48,50-51H2,1-2H3,(H,55,58)/b16-14-,41-39+,49-47+. The number of carbonyl (C=O) groups excluding carboxylic acids is 1. The average molecular weight is 814 g/mol. The maximum absolute atomic E-state index is 12.4. The number of aliphatic hydroxyl groups excluding tert-OH is 2. The van der Waals surface area contributed by atoms with Crippen LogP contribution in [0.2, 0.25) is 0 Å². The molecule has 0 aliphatic carbocycles. The van der Waals surface area contributed by atoms with Gasteiger partial charge in [0.05, 0.1) is 18.8 Å². The third-order valence-electron chi connectivity index (χ3n) is 12.1. The molecule has 0 aromatic carbocycles. The van der Waals surface area contributed by atoms with E-state index in [0.29, 0.717) is 6.42 Å². The molecule has 0 heterocycles. The third-order valence-corrected chi connectivity index (χ3v) is 12.1. The SMILES string of the molecule is CCCCCC/C=C\CCCCCCCC(=O)NC(CO)C(O)/C=C/CC/C=C/CCCCCCCCCCCCCCCCCCCCCCCCCCCCC. The lowest BCUT2D eigenvalue weighted by molar-refractivity contribution is -0.123. The summed E-state index contributed by atoms with van der Waals surface area (Å²) in [6.07, 6.45) is 67.4. The molecule has 58 heavy (non-hydrogen) atoms. The number of allylic oxidation sites excluding steroid dienone is 5. The number of unbranched alkanes of at least 4 members (excludes halogenated alkanes) is 37. The summed E-state index contributed by atoms with van der Waals surface area (Å²) in [5, 5.41) is 23.0. The Labute approximate surface area is 363 Å². The Hall–Kier alpha value is -1.39. The summed E-state index contributed by atoms with van der Waals surface area (Å²) in [4.78, 5) is 12.4. The summed E-state index contributed by atoms with van der Waals surface area (Å²) in [5.41, 5.74) is 0. The third kappa shape index (κ3) is 45.7. The minimum atomic E-state index is -0.865. The zero-order chi connectivity index (χ0) is 42.1. The van der Waals surface area contributed by atoms with Gasteiger partial charge >= 0.3 is 0 Å². The van der Waals surface area contributed by atoms with Gasteiger partial charge < -0.3 is 15.5 Å². The first-order valence-electron chi connectivity index (χ1n) is 26.2. The van der Waals surface area contributed by atoms with E-state index in [9.17, 15) is 15.0 Å². The van der Waals surface area contributed by atoms with Gasteiger partial charge in [-0.2, -0.15) is 0 Å². The van der Waals surface area contributed by atoms with Crippen LogP contribution in [0.3, 0.4) is 0 Å². The number of hydrogen-bond acceptors (Lipinski definition) is 3. The highest BCUT2D eigenvalue weighted by Crippen LogP contribution is 2.17. The van der Waals surface area contributed by atoms with Gasteiger partial charge in [-0.05, 0) is 57.8 Å². The topological polar surface area (TPSA) is 69.6 Å². The molecule has 0 aromatic rings. The molecular formula is C54H103NO3. The quantitative estimate of drug-likeness (QED) is 0.0423. The predicted molar refractivity (Wildman–Crippen MR) is 258 cm³/mol. The molecule has 2 unspecified atom stereocenters. The second-order valence-electron chi connectivity index (χ2n) is 17.9. The molecule has 2 atom stereocenters. The molecule has 0 aliphatic heterocycles. The normalized spacial score (nSPS) is 13.1. The Morgan fingerprint density at radius 3 is 1.02 bits per heavy atom. The first-order chi connectivity index (χ1) is 28.7. The summed E-state index contributed by atoms with van der Waals surface area (Å²) >= 11 is 0. The van der Waals surface area contributed by atoms with Crippen molar-refractivity contribution in [2.45, 2.75) is 296 Å². The summed E-state index contributed by atoms with van der Waals surface area (Å²) < 4.78 is 0. The fraction of sp³-hybridized carbons (Fsp3) is 0.870. The summed E-state index contributed by atoms with van der Waals surface area (Å²) in [7, 11) is 0. The highest BCUT2D eigenvalue weighted by atomic mass is 16.3. The lowest BCUT2D eigenvalue weighted by atomic mass is 10.0. The molecule has 0 spiro atoms. The maximum Gasteiger partial charge on any atom is 0.220 e. The minimum absolute atomic E-state index is 0.0818. The van der Waals surface area contributed by atoms with E-state index >= 15 is 0 Å². The van der Waals surface area contributed by atoms with Crippen LogP contribution in [-0.2, 0) is 4.79 Å². The second kappa shape index (κ2) is 50.0. The number of rotatable bonds is 48. The van der Waals surface area contributed by atoms with E-state index in [1.54, 1.807) is 6.08 Å². The molecule has 0 bridgehead atoms. The highest BCUT2D eigenvalue weighted by Gasteiger charge is 2.17. The van der Waals surface area contributed by atoms with Crippen LogP contribution in [-0.4, -0.2) is 34.9 Å². The molecule has 4 heteroatoms. The Kier molecular flexibility index (Phi) is 48.8. The van der Waals surface area contributed by atoms with Crippen LogP contribution < -0.4 is 5.32 Å². The molecule has 0 aromatic heterocycles. The molecule has 0 radical (unpaired) electrons. The van der Waals surface area contributed by atoms with Gasteiger partial charge in [-0.25, -0.2) is 0 Å². The molecule has 0 aliphatic rings. The van der Waals surface area contributed by atoms with E-state index in [4.69, 9.17) is 0 Å². The number of amides is 1. The van der Waals surface area contributed by atoms with E-state index in [2.05, 4.69) is 43.5 Å².